The van der Waals surface area contributed by atoms with Crippen LogP contribution in [-0.2, 0) is 14.3 Å². The number of nitrogens with one attached hydrogen (secondary N) is 1. The normalized spacial score (nSPS) is 22.5. The summed E-state index contributed by atoms with van der Waals surface area (Å²) < 4.78 is 11.1. The van der Waals surface area contributed by atoms with Crippen molar-refractivity contribution in [1.29, 1.82) is 0 Å². The molecule has 0 aromatic carbocycles. The highest BCUT2D eigenvalue weighted by Gasteiger charge is 2.44. The van der Waals surface area contributed by atoms with Gasteiger partial charge >= 0.3 is 0 Å². The zero-order valence-corrected chi connectivity index (χ0v) is 32.1. The SMILES string of the molecule is C/C=C/CC/C=C/CC/C=C/C(O)C(COC1OC(CO)C(O)C(O)C1O)NC(=O)CCCCCCCCC/C=C\CCCCCCCCCC. The quantitative estimate of drug-likeness (QED) is 0.0309. The average molecular weight is 722 g/mol. The highest BCUT2D eigenvalue weighted by Crippen LogP contribution is 2.22. The second-order valence-electron chi connectivity index (χ2n) is 14.1. The fraction of sp³-hybridized carbons (Fsp3) is 0.786. The molecular weight excluding hydrogens is 646 g/mol. The van der Waals surface area contributed by atoms with Gasteiger partial charge in [0, 0.05) is 6.42 Å². The third-order valence-corrected chi connectivity index (χ3v) is 9.45. The summed E-state index contributed by atoms with van der Waals surface area (Å²) in [6.45, 7) is 3.49. The minimum Gasteiger partial charge on any atom is -0.394 e. The van der Waals surface area contributed by atoms with E-state index in [1.54, 1.807) is 6.08 Å². The first-order chi connectivity index (χ1) is 24.8. The van der Waals surface area contributed by atoms with Gasteiger partial charge in [0.1, 0.15) is 24.4 Å². The van der Waals surface area contributed by atoms with Crippen LogP contribution in [0.4, 0.5) is 0 Å². The lowest BCUT2D eigenvalue weighted by Crippen LogP contribution is -2.60. The van der Waals surface area contributed by atoms with Crippen molar-refractivity contribution in [2.75, 3.05) is 13.2 Å². The van der Waals surface area contributed by atoms with E-state index < -0.39 is 49.5 Å². The molecule has 51 heavy (non-hydrogen) atoms. The fourth-order valence-corrected chi connectivity index (χ4v) is 6.13. The number of unbranched alkanes of at least 4 members (excludes halogenated alkanes) is 17. The third-order valence-electron chi connectivity index (χ3n) is 9.45. The van der Waals surface area contributed by atoms with Crippen LogP contribution >= 0.6 is 0 Å². The molecule has 1 saturated heterocycles. The van der Waals surface area contributed by atoms with Gasteiger partial charge in [0.2, 0.25) is 5.91 Å². The van der Waals surface area contributed by atoms with Crippen molar-refractivity contribution in [3.8, 4) is 0 Å². The molecule has 1 rings (SSSR count). The molecule has 1 aliphatic rings. The van der Waals surface area contributed by atoms with Crippen LogP contribution in [0.3, 0.4) is 0 Å². The molecule has 7 unspecified atom stereocenters. The number of allylic oxidation sites excluding steroid dienone is 7. The highest BCUT2D eigenvalue weighted by atomic mass is 16.7. The van der Waals surface area contributed by atoms with Crippen molar-refractivity contribution in [2.24, 2.45) is 0 Å². The van der Waals surface area contributed by atoms with Gasteiger partial charge in [0.15, 0.2) is 6.29 Å². The Bertz CT molecular complexity index is 936. The van der Waals surface area contributed by atoms with Gasteiger partial charge in [0.05, 0.1) is 25.4 Å². The largest absolute Gasteiger partial charge is 0.394 e. The van der Waals surface area contributed by atoms with Gasteiger partial charge in [-0.1, -0.05) is 133 Å². The summed E-state index contributed by atoms with van der Waals surface area (Å²) in [5, 5.41) is 53.8. The Labute approximate surface area is 310 Å². The molecule has 7 atom stereocenters. The van der Waals surface area contributed by atoms with Gasteiger partial charge < -0.3 is 40.3 Å². The van der Waals surface area contributed by atoms with Crippen molar-refractivity contribution in [2.45, 2.75) is 198 Å². The molecule has 0 bridgehead atoms. The van der Waals surface area contributed by atoms with E-state index in [1.165, 1.54) is 77.0 Å². The minimum absolute atomic E-state index is 0.201. The smallest absolute Gasteiger partial charge is 0.220 e. The van der Waals surface area contributed by atoms with Gasteiger partial charge in [-0.3, -0.25) is 4.79 Å². The molecule has 9 heteroatoms. The number of carbonyl (C=O) groups excluding carboxylic acids is 1. The standard InChI is InChI=1S/C42H75NO8/c1-3-5-7-9-11-13-14-15-16-17-18-19-20-21-22-24-26-28-30-32-38(46)43-35(36(45)31-29-27-25-23-12-10-8-6-4-2)34-50-42-41(49)40(48)39(47)37(33-44)51-42/h4,6,12,17-18,23,29,31,35-37,39-42,44-45,47-49H,3,5,7-11,13-16,19-22,24-28,30,32-34H2,1-2H3,(H,43,46)/b6-4+,18-17-,23-12+,31-29+. The van der Waals surface area contributed by atoms with Crippen LogP contribution in [0.1, 0.15) is 155 Å². The Morgan fingerprint density at radius 3 is 1.76 bits per heavy atom. The van der Waals surface area contributed by atoms with Gasteiger partial charge in [-0.05, 0) is 64.7 Å². The van der Waals surface area contributed by atoms with Crippen molar-refractivity contribution < 1.29 is 39.8 Å². The molecule has 0 aliphatic carbocycles. The first-order valence-corrected chi connectivity index (χ1v) is 20.3. The molecule has 1 heterocycles. The molecule has 0 radical (unpaired) electrons. The first kappa shape index (κ1) is 47.2. The molecule has 1 aliphatic heterocycles. The number of hydrogen-bond acceptors (Lipinski definition) is 8. The fourth-order valence-electron chi connectivity index (χ4n) is 6.13. The second kappa shape index (κ2) is 32.8. The summed E-state index contributed by atoms with van der Waals surface area (Å²) in [6, 6.07) is -0.827. The number of rotatable bonds is 32. The van der Waals surface area contributed by atoms with Crippen LogP contribution in [0.2, 0.25) is 0 Å². The van der Waals surface area contributed by atoms with Crippen LogP contribution in [-0.4, -0.2) is 87.5 Å². The summed E-state index contributed by atoms with van der Waals surface area (Å²) in [5.74, 6) is -0.201. The van der Waals surface area contributed by atoms with E-state index >= 15 is 0 Å². The average Bonchev–Trinajstić information content (AvgIpc) is 3.13. The van der Waals surface area contributed by atoms with Crippen molar-refractivity contribution in [1.82, 2.24) is 5.32 Å². The van der Waals surface area contributed by atoms with Gasteiger partial charge in [-0.2, -0.15) is 0 Å². The topological polar surface area (TPSA) is 149 Å². The highest BCUT2D eigenvalue weighted by molar-refractivity contribution is 5.76. The predicted molar refractivity (Wildman–Crippen MR) is 207 cm³/mol. The Balaban J connectivity index is 2.36. The van der Waals surface area contributed by atoms with Crippen LogP contribution in [0.25, 0.3) is 0 Å². The molecule has 296 valence electrons. The first-order valence-electron chi connectivity index (χ1n) is 20.3. The number of amides is 1. The van der Waals surface area contributed by atoms with E-state index in [0.717, 1.165) is 57.8 Å². The van der Waals surface area contributed by atoms with Gasteiger partial charge in [0.25, 0.3) is 0 Å². The third kappa shape index (κ3) is 24.2. The predicted octanol–water partition coefficient (Wildman–Crippen LogP) is 7.50. The minimum atomic E-state index is -1.57. The summed E-state index contributed by atoms with van der Waals surface area (Å²) in [7, 11) is 0. The summed E-state index contributed by atoms with van der Waals surface area (Å²) >= 11 is 0. The van der Waals surface area contributed by atoms with Crippen LogP contribution in [0, 0.1) is 0 Å². The van der Waals surface area contributed by atoms with Gasteiger partial charge in [-0.15, -0.1) is 0 Å². The number of aliphatic hydroxyl groups excluding tert-OH is 5. The summed E-state index contributed by atoms with van der Waals surface area (Å²) in [5.41, 5.74) is 0. The Morgan fingerprint density at radius 2 is 1.20 bits per heavy atom. The van der Waals surface area contributed by atoms with E-state index in [1.807, 2.05) is 19.1 Å². The Hall–Kier alpha value is -1.85. The van der Waals surface area contributed by atoms with Crippen molar-refractivity contribution in [3.05, 3.63) is 48.6 Å². The van der Waals surface area contributed by atoms with Crippen molar-refractivity contribution in [3.63, 3.8) is 0 Å². The number of ether oxygens (including phenoxy) is 2. The van der Waals surface area contributed by atoms with E-state index in [4.69, 9.17) is 9.47 Å². The summed E-state index contributed by atoms with van der Waals surface area (Å²) in [6.07, 6.45) is 33.3. The molecule has 0 aromatic heterocycles. The summed E-state index contributed by atoms with van der Waals surface area (Å²) in [4.78, 5) is 12.9. The molecule has 9 nitrogen and oxygen atoms in total. The molecular formula is C42H75NO8. The molecule has 1 amide bonds. The maximum Gasteiger partial charge on any atom is 0.220 e. The zero-order valence-electron chi connectivity index (χ0n) is 32.1. The maximum absolute atomic E-state index is 12.9. The lowest BCUT2D eigenvalue weighted by molar-refractivity contribution is -0.302. The Kier molecular flexibility index (Phi) is 30.3. The van der Waals surface area contributed by atoms with Crippen LogP contribution < -0.4 is 5.32 Å². The molecule has 0 spiro atoms. The molecule has 6 N–H and O–H groups in total. The lowest BCUT2D eigenvalue weighted by atomic mass is 9.99. The molecule has 1 fully saturated rings. The van der Waals surface area contributed by atoms with E-state index in [0.29, 0.717) is 6.42 Å². The van der Waals surface area contributed by atoms with E-state index in [2.05, 4.69) is 42.6 Å². The van der Waals surface area contributed by atoms with E-state index in [9.17, 15) is 30.3 Å². The Morgan fingerprint density at radius 1 is 0.686 bits per heavy atom. The van der Waals surface area contributed by atoms with Crippen LogP contribution in [0.5, 0.6) is 0 Å². The molecule has 0 aromatic rings. The number of hydrogen-bond donors (Lipinski definition) is 6. The van der Waals surface area contributed by atoms with Crippen LogP contribution in [0.15, 0.2) is 48.6 Å². The number of carbonyl (C=O) groups is 1. The van der Waals surface area contributed by atoms with Gasteiger partial charge in [-0.25, -0.2) is 0 Å². The monoisotopic (exact) mass is 722 g/mol. The lowest BCUT2D eigenvalue weighted by Gasteiger charge is -2.40. The maximum atomic E-state index is 12.9. The zero-order chi connectivity index (χ0) is 37.4. The molecule has 0 saturated carbocycles. The second-order valence-corrected chi connectivity index (χ2v) is 14.1. The number of aliphatic hydroxyl groups is 5. The van der Waals surface area contributed by atoms with E-state index in [-0.39, 0.29) is 12.5 Å². The van der Waals surface area contributed by atoms with Crippen molar-refractivity contribution >= 4 is 5.91 Å².